The van der Waals surface area contributed by atoms with Gasteiger partial charge in [0.05, 0.1) is 30.4 Å². The van der Waals surface area contributed by atoms with E-state index in [4.69, 9.17) is 16.4 Å². The van der Waals surface area contributed by atoms with Crippen molar-refractivity contribution in [2.24, 2.45) is 0 Å². The zero-order chi connectivity index (χ0) is 21.6. The molecule has 0 unspecified atom stereocenters. The number of benzene rings is 1. The second-order valence-electron chi connectivity index (χ2n) is 7.41. The monoisotopic (exact) mass is 437 g/mol. The second-order valence-corrected chi connectivity index (χ2v) is 7.82. The summed E-state index contributed by atoms with van der Waals surface area (Å²) in [6.07, 6.45) is -0.129. The van der Waals surface area contributed by atoms with Crippen molar-refractivity contribution in [3.05, 3.63) is 46.0 Å². The van der Waals surface area contributed by atoms with E-state index in [9.17, 15) is 19.1 Å². The van der Waals surface area contributed by atoms with Crippen LogP contribution in [0.1, 0.15) is 28.7 Å². The largest absolute Gasteiger partial charge is 0.393 e. The Morgan fingerprint density at radius 3 is 2.93 bits per heavy atom. The first kappa shape index (κ1) is 20.6. The molecule has 0 bridgehead atoms. The molecule has 11 heteroatoms. The van der Waals surface area contributed by atoms with E-state index in [2.05, 4.69) is 10.4 Å². The van der Waals surface area contributed by atoms with E-state index >= 15 is 0 Å². The smallest absolute Gasteiger partial charge is 0.322 e. The van der Waals surface area contributed by atoms with Gasteiger partial charge < -0.3 is 15.3 Å². The van der Waals surface area contributed by atoms with Gasteiger partial charge in [-0.3, -0.25) is 14.3 Å². The molecule has 0 aliphatic carbocycles. The lowest BCUT2D eigenvalue weighted by Gasteiger charge is -2.33. The summed E-state index contributed by atoms with van der Waals surface area (Å²) in [6.45, 7) is 2.03. The molecule has 2 aromatic rings. The van der Waals surface area contributed by atoms with Crippen molar-refractivity contribution in [1.82, 2.24) is 19.7 Å². The average Bonchev–Trinajstić information content (AvgIpc) is 2.99. The van der Waals surface area contributed by atoms with Gasteiger partial charge in [0.25, 0.3) is 5.91 Å². The maximum atomic E-state index is 13.4. The zero-order valence-corrected chi connectivity index (χ0v) is 17.2. The predicted octanol–water partition coefficient (Wildman–Crippen LogP) is 2.03. The molecule has 3 amide bonds. The fourth-order valence-corrected chi connectivity index (χ4v) is 3.93. The van der Waals surface area contributed by atoms with Crippen molar-refractivity contribution < 1.29 is 23.9 Å². The number of aromatic nitrogens is 2. The topological polar surface area (TPSA) is 99.9 Å². The van der Waals surface area contributed by atoms with Gasteiger partial charge in [-0.05, 0) is 25.1 Å². The van der Waals surface area contributed by atoms with E-state index in [1.807, 2.05) is 6.92 Å². The number of urea groups is 1. The van der Waals surface area contributed by atoms with Gasteiger partial charge in [-0.1, -0.05) is 11.6 Å². The molecule has 0 saturated carbocycles. The molecule has 0 radical (unpaired) electrons. The van der Waals surface area contributed by atoms with E-state index in [0.717, 1.165) is 10.8 Å². The number of hydroxylamine groups is 2. The number of amides is 3. The van der Waals surface area contributed by atoms with E-state index < -0.39 is 18.0 Å². The van der Waals surface area contributed by atoms with Crippen LogP contribution in [0.15, 0.2) is 18.2 Å². The van der Waals surface area contributed by atoms with Crippen LogP contribution in [0.25, 0.3) is 0 Å². The number of aliphatic hydroxyl groups is 1. The van der Waals surface area contributed by atoms with E-state index in [1.54, 1.807) is 9.58 Å². The lowest BCUT2D eigenvalue weighted by molar-refractivity contribution is -0.159. The van der Waals surface area contributed by atoms with Crippen LogP contribution < -0.4 is 5.32 Å². The highest BCUT2D eigenvalue weighted by molar-refractivity contribution is 6.31. The third-order valence-electron chi connectivity index (χ3n) is 5.29. The van der Waals surface area contributed by atoms with Crippen LogP contribution >= 0.6 is 11.6 Å². The maximum absolute atomic E-state index is 13.4. The molecule has 0 spiro atoms. The Hall–Kier alpha value is -2.69. The summed E-state index contributed by atoms with van der Waals surface area (Å²) >= 11 is 5.79. The SMILES string of the molecule is C[C@H]1Cc2nn3c(c2CN1C(=O)Nc1ccc(F)c(Cl)c1)C(=O)N(C)O[C@H](CO)C3. The maximum Gasteiger partial charge on any atom is 0.322 e. The van der Waals surface area contributed by atoms with Gasteiger partial charge in [0.15, 0.2) is 0 Å². The third-order valence-corrected chi connectivity index (χ3v) is 5.58. The molecular weight excluding hydrogens is 417 g/mol. The van der Waals surface area contributed by atoms with Crippen LogP contribution in [0.5, 0.6) is 0 Å². The van der Waals surface area contributed by atoms with Crippen LogP contribution in [0, 0.1) is 5.82 Å². The molecule has 9 nitrogen and oxygen atoms in total. The van der Waals surface area contributed by atoms with Gasteiger partial charge in [-0.2, -0.15) is 5.10 Å². The van der Waals surface area contributed by atoms with Crippen LogP contribution in [-0.2, 0) is 24.3 Å². The van der Waals surface area contributed by atoms with E-state index in [1.165, 1.54) is 25.2 Å². The van der Waals surface area contributed by atoms with Crippen LogP contribution in [0.3, 0.4) is 0 Å². The van der Waals surface area contributed by atoms with Gasteiger partial charge in [0.1, 0.15) is 17.6 Å². The Morgan fingerprint density at radius 2 is 2.23 bits per heavy atom. The summed E-state index contributed by atoms with van der Waals surface area (Å²) < 4.78 is 14.9. The standard InChI is InChI=1S/C19H21ClFN5O4/c1-10-5-16-13(17-18(28)24(2)30-12(9-27)7-26(17)23-16)8-25(10)19(29)22-11-3-4-15(21)14(20)6-11/h3-4,6,10,12,27H,5,7-9H2,1-2H3,(H,22,29)/t10-,12-/m0/s1. The summed E-state index contributed by atoms with van der Waals surface area (Å²) in [5.74, 6) is -0.959. The highest BCUT2D eigenvalue weighted by atomic mass is 35.5. The number of anilines is 1. The molecule has 30 heavy (non-hydrogen) atoms. The number of nitrogens with zero attached hydrogens (tertiary/aromatic N) is 4. The Labute approximate surface area is 176 Å². The number of fused-ring (bicyclic) bond motifs is 3. The molecule has 2 aliphatic heterocycles. The Morgan fingerprint density at radius 1 is 1.47 bits per heavy atom. The Bertz CT molecular complexity index is 1010. The van der Waals surface area contributed by atoms with Crippen LogP contribution in [-0.4, -0.2) is 62.6 Å². The molecule has 2 atom stereocenters. The minimum absolute atomic E-state index is 0.0872. The van der Waals surface area contributed by atoms with E-state index in [-0.39, 0.29) is 36.7 Å². The predicted molar refractivity (Wildman–Crippen MR) is 105 cm³/mol. The first-order valence-corrected chi connectivity index (χ1v) is 9.83. The summed E-state index contributed by atoms with van der Waals surface area (Å²) in [5.41, 5.74) is 2.11. The highest BCUT2D eigenvalue weighted by Gasteiger charge is 2.37. The minimum atomic E-state index is -0.596. The van der Waals surface area contributed by atoms with Gasteiger partial charge in [0.2, 0.25) is 0 Å². The van der Waals surface area contributed by atoms with Crippen LogP contribution in [0.2, 0.25) is 5.02 Å². The second kappa shape index (κ2) is 7.86. The lowest BCUT2D eigenvalue weighted by Crippen LogP contribution is -2.45. The first-order valence-electron chi connectivity index (χ1n) is 9.45. The van der Waals surface area contributed by atoms with Gasteiger partial charge >= 0.3 is 6.03 Å². The van der Waals surface area contributed by atoms with Crippen molar-refractivity contribution in [2.45, 2.75) is 38.6 Å². The van der Waals surface area contributed by atoms with Crippen LogP contribution in [0.4, 0.5) is 14.9 Å². The average molecular weight is 438 g/mol. The number of hydrogen-bond acceptors (Lipinski definition) is 5. The molecule has 3 heterocycles. The molecule has 2 N–H and O–H groups in total. The van der Waals surface area contributed by atoms with Gasteiger partial charge in [-0.15, -0.1) is 0 Å². The fourth-order valence-electron chi connectivity index (χ4n) is 3.75. The van der Waals surface area contributed by atoms with Gasteiger partial charge in [0, 0.05) is 30.8 Å². The Kier molecular flexibility index (Phi) is 5.39. The normalized spacial score (nSPS) is 21.2. The Balaban J connectivity index is 1.61. The first-order chi connectivity index (χ1) is 14.3. The fraction of sp³-hybridized carbons (Fsp3) is 0.421. The quantitative estimate of drug-likeness (QED) is 0.748. The molecule has 1 aromatic heterocycles. The molecule has 160 valence electrons. The molecule has 0 saturated heterocycles. The summed E-state index contributed by atoms with van der Waals surface area (Å²) in [5, 5.41) is 17.7. The highest BCUT2D eigenvalue weighted by Crippen LogP contribution is 2.29. The number of halogens is 2. The van der Waals surface area contributed by atoms with Crippen molar-refractivity contribution in [1.29, 1.82) is 0 Å². The number of nitrogens with one attached hydrogen (secondary N) is 1. The van der Waals surface area contributed by atoms with E-state index in [0.29, 0.717) is 23.4 Å². The van der Waals surface area contributed by atoms with Crippen molar-refractivity contribution in [3.8, 4) is 0 Å². The zero-order valence-electron chi connectivity index (χ0n) is 16.4. The number of aliphatic hydroxyl groups excluding tert-OH is 1. The summed E-state index contributed by atoms with van der Waals surface area (Å²) in [6, 6.07) is 3.38. The number of carbonyl (C=O) groups is 2. The van der Waals surface area contributed by atoms with Crippen molar-refractivity contribution in [3.63, 3.8) is 0 Å². The number of rotatable bonds is 2. The molecule has 4 rings (SSSR count). The number of hydrogen-bond donors (Lipinski definition) is 2. The molecule has 2 aliphatic rings. The molecule has 1 aromatic carbocycles. The third kappa shape index (κ3) is 3.62. The summed E-state index contributed by atoms with van der Waals surface area (Å²) in [7, 11) is 1.48. The lowest BCUT2D eigenvalue weighted by atomic mass is 9.99. The summed E-state index contributed by atoms with van der Waals surface area (Å²) in [4.78, 5) is 32.7. The molecule has 0 fully saturated rings. The van der Waals surface area contributed by atoms with Gasteiger partial charge in [-0.25, -0.2) is 14.2 Å². The van der Waals surface area contributed by atoms with Crippen molar-refractivity contribution in [2.75, 3.05) is 19.0 Å². The molecular formula is C19H21ClFN5O4. The number of carbonyl (C=O) groups excluding carboxylic acids is 2. The minimum Gasteiger partial charge on any atom is -0.393 e. The van der Waals surface area contributed by atoms with Crippen molar-refractivity contribution >= 4 is 29.2 Å².